The Morgan fingerprint density at radius 1 is 0.737 bits per heavy atom. The zero-order chi connectivity index (χ0) is 42.5. The average Bonchev–Trinajstić information content (AvgIpc) is 3.70. The lowest BCUT2D eigenvalue weighted by molar-refractivity contribution is -0.136. The van der Waals surface area contributed by atoms with Crippen LogP contribution in [-0.4, -0.2) is 120 Å². The van der Waals surface area contributed by atoms with Crippen molar-refractivity contribution in [1.29, 1.82) is 0 Å². The number of thioether (sulfide) groups is 1. The molecule has 0 aromatic heterocycles. The van der Waals surface area contributed by atoms with Crippen molar-refractivity contribution in [3.05, 3.63) is 0 Å². The SMILES string of the molecule is CC(C)CC(CC(=O)NO)C(=O)NCC(=O)N[C@@H](CC(C)C)C(=O)NCC(=O)NCC(=O)N[C@@H](CCCCNC(=O)CCCC[C@@H]1SC[C@@H]2NC(=O)N[C@@H]21)C(N)=O. The first-order chi connectivity index (χ1) is 27.0. The maximum atomic E-state index is 12.9. The second-order valence-corrected chi connectivity index (χ2v) is 16.5. The molecule has 12 N–H and O–H groups in total. The average molecular weight is 827 g/mol. The summed E-state index contributed by atoms with van der Waals surface area (Å²) in [5.41, 5.74) is 6.95. The number of hydroxylamine groups is 1. The number of fused-ring (bicyclic) bond motifs is 1. The maximum Gasteiger partial charge on any atom is 0.315 e. The highest BCUT2D eigenvalue weighted by Gasteiger charge is 2.42. The predicted octanol–water partition coefficient (Wildman–Crippen LogP) is -1.59. The van der Waals surface area contributed by atoms with Crippen molar-refractivity contribution < 1.29 is 48.4 Å². The van der Waals surface area contributed by atoms with Gasteiger partial charge in [0.05, 0.1) is 31.7 Å². The number of carbonyl (C=O) groups excluding carboxylic acids is 9. The van der Waals surface area contributed by atoms with Gasteiger partial charge in [0.15, 0.2) is 0 Å². The van der Waals surface area contributed by atoms with E-state index in [2.05, 4.69) is 42.5 Å². The number of amides is 10. The van der Waals surface area contributed by atoms with E-state index in [1.807, 2.05) is 39.5 Å². The number of hydrogen-bond acceptors (Lipinski definition) is 11. The standard InChI is InChI=1S/C36H62N10O10S/c1-20(2)13-22(15-28(48)46-56)34(53)40-18-31(51)43-24(14-21(3)4)35(54)41-16-29(49)39-17-30(50)42-23(33(37)52)9-7-8-12-38-27(47)11-6-5-10-26-32-25(19-57-26)44-36(55)45-32/h20-26,32,56H,5-19H2,1-4H3,(H2,37,52)(H,38,47)(H,39,49)(H,40,53)(H,41,54)(H,42,50)(H,43,51)(H,46,48)(H2,44,45,55)/t22?,23-,24-,25-,26-,32-/m0/s1. The number of rotatable bonds is 27. The smallest absolute Gasteiger partial charge is 0.315 e. The van der Waals surface area contributed by atoms with Gasteiger partial charge in [-0.05, 0) is 56.8 Å². The zero-order valence-electron chi connectivity index (χ0n) is 33.3. The molecule has 1 unspecified atom stereocenters. The molecular formula is C36H62N10O10S. The van der Waals surface area contributed by atoms with E-state index in [0.29, 0.717) is 37.5 Å². The van der Waals surface area contributed by atoms with Crippen molar-refractivity contribution in [2.45, 2.75) is 121 Å². The Kier molecular flexibility index (Phi) is 21.7. The van der Waals surface area contributed by atoms with Gasteiger partial charge < -0.3 is 48.3 Å². The number of urea groups is 1. The number of carbonyl (C=O) groups is 9. The molecular weight excluding hydrogens is 765 g/mol. The number of primary amides is 1. The number of unbranched alkanes of at least 4 members (excludes halogenated alkanes) is 2. The molecule has 2 saturated heterocycles. The second kappa shape index (κ2) is 25.6. The Bertz CT molecular complexity index is 1420. The summed E-state index contributed by atoms with van der Waals surface area (Å²) in [5, 5.41) is 30.1. The van der Waals surface area contributed by atoms with Gasteiger partial charge in [0, 0.05) is 36.3 Å². The fraction of sp³-hybridized carbons (Fsp3) is 0.750. The van der Waals surface area contributed by atoms with Crippen LogP contribution < -0.4 is 53.7 Å². The first kappa shape index (κ1) is 48.5. The summed E-state index contributed by atoms with van der Waals surface area (Å²) in [5.74, 6) is -4.73. The van der Waals surface area contributed by atoms with Gasteiger partial charge in [0.1, 0.15) is 12.1 Å². The molecule has 2 aliphatic rings. The van der Waals surface area contributed by atoms with E-state index in [9.17, 15) is 43.2 Å². The van der Waals surface area contributed by atoms with Gasteiger partial charge in [0.2, 0.25) is 47.3 Å². The lowest BCUT2D eigenvalue weighted by Gasteiger charge is -2.21. The van der Waals surface area contributed by atoms with E-state index in [-0.39, 0.29) is 55.1 Å². The molecule has 2 fully saturated rings. The van der Waals surface area contributed by atoms with E-state index in [1.165, 1.54) is 5.48 Å². The lowest BCUT2D eigenvalue weighted by Crippen LogP contribution is -2.52. The Labute approximate surface area is 337 Å². The highest BCUT2D eigenvalue weighted by atomic mass is 32.2. The second-order valence-electron chi connectivity index (χ2n) is 15.3. The van der Waals surface area contributed by atoms with Crippen LogP contribution in [-0.2, 0) is 38.4 Å². The molecule has 0 aromatic carbocycles. The minimum atomic E-state index is -1.04. The molecule has 20 nitrogen and oxygen atoms in total. The van der Waals surface area contributed by atoms with Crippen molar-refractivity contribution in [2.24, 2.45) is 23.5 Å². The van der Waals surface area contributed by atoms with Crippen LogP contribution in [0.4, 0.5) is 4.79 Å². The number of nitrogens with two attached hydrogens (primary N) is 1. The molecule has 0 spiro atoms. The predicted molar refractivity (Wildman–Crippen MR) is 210 cm³/mol. The maximum absolute atomic E-state index is 12.9. The van der Waals surface area contributed by atoms with Gasteiger partial charge in [0.25, 0.3) is 0 Å². The van der Waals surface area contributed by atoms with Crippen LogP contribution in [0, 0.1) is 17.8 Å². The minimum absolute atomic E-state index is 0.0367. The molecule has 10 amide bonds. The summed E-state index contributed by atoms with van der Waals surface area (Å²) in [4.78, 5) is 110. The molecule has 0 saturated carbocycles. The minimum Gasteiger partial charge on any atom is -0.368 e. The summed E-state index contributed by atoms with van der Waals surface area (Å²) in [6, 6.07) is -1.84. The zero-order valence-corrected chi connectivity index (χ0v) is 34.1. The van der Waals surface area contributed by atoms with Gasteiger partial charge in [-0.15, -0.1) is 0 Å². The fourth-order valence-corrected chi connectivity index (χ4v) is 8.05. The van der Waals surface area contributed by atoms with Gasteiger partial charge in [-0.25, -0.2) is 10.3 Å². The topological polar surface area (TPSA) is 308 Å². The molecule has 322 valence electrons. The molecule has 0 bridgehead atoms. The molecule has 2 rings (SSSR count). The van der Waals surface area contributed by atoms with Crippen LogP contribution in [0.5, 0.6) is 0 Å². The summed E-state index contributed by atoms with van der Waals surface area (Å²) in [6.45, 7) is 6.27. The quantitative estimate of drug-likeness (QED) is 0.0194. The lowest BCUT2D eigenvalue weighted by atomic mass is 9.93. The third-order valence-electron chi connectivity index (χ3n) is 9.34. The van der Waals surface area contributed by atoms with Crippen LogP contribution in [0.15, 0.2) is 0 Å². The summed E-state index contributed by atoms with van der Waals surface area (Å²) >= 11 is 1.84. The Morgan fingerprint density at radius 3 is 2.02 bits per heavy atom. The third-order valence-corrected chi connectivity index (χ3v) is 10.8. The fourth-order valence-electron chi connectivity index (χ4n) is 6.51. The normalized spacial score (nSPS) is 18.6. The monoisotopic (exact) mass is 826 g/mol. The van der Waals surface area contributed by atoms with E-state index in [0.717, 1.165) is 25.0 Å². The first-order valence-electron chi connectivity index (χ1n) is 19.6. The Hall–Kier alpha value is -4.66. The molecule has 0 radical (unpaired) electrons. The highest BCUT2D eigenvalue weighted by molar-refractivity contribution is 8.00. The Balaban J connectivity index is 1.65. The van der Waals surface area contributed by atoms with Crippen molar-refractivity contribution in [1.82, 2.24) is 48.0 Å². The van der Waals surface area contributed by atoms with Gasteiger partial charge in [-0.1, -0.05) is 34.1 Å². The van der Waals surface area contributed by atoms with E-state index in [1.54, 1.807) is 0 Å². The third kappa shape index (κ3) is 19.4. The van der Waals surface area contributed by atoms with Crippen molar-refractivity contribution >= 4 is 65.1 Å². The molecule has 0 aromatic rings. The van der Waals surface area contributed by atoms with Crippen LogP contribution in [0.25, 0.3) is 0 Å². The van der Waals surface area contributed by atoms with Gasteiger partial charge in [-0.2, -0.15) is 11.8 Å². The first-order valence-corrected chi connectivity index (χ1v) is 20.6. The molecule has 2 heterocycles. The largest absolute Gasteiger partial charge is 0.368 e. The van der Waals surface area contributed by atoms with Gasteiger partial charge in [-0.3, -0.25) is 43.6 Å². The molecule has 21 heteroatoms. The van der Waals surface area contributed by atoms with Gasteiger partial charge >= 0.3 is 6.03 Å². The Morgan fingerprint density at radius 2 is 1.37 bits per heavy atom. The molecule has 57 heavy (non-hydrogen) atoms. The van der Waals surface area contributed by atoms with Crippen LogP contribution >= 0.6 is 11.8 Å². The highest BCUT2D eigenvalue weighted by Crippen LogP contribution is 2.33. The van der Waals surface area contributed by atoms with Crippen molar-refractivity contribution in [2.75, 3.05) is 31.9 Å². The summed E-state index contributed by atoms with van der Waals surface area (Å²) in [7, 11) is 0. The van der Waals surface area contributed by atoms with Crippen LogP contribution in [0.1, 0.15) is 91.9 Å². The van der Waals surface area contributed by atoms with Crippen LogP contribution in [0.3, 0.4) is 0 Å². The summed E-state index contributed by atoms with van der Waals surface area (Å²) in [6.07, 6.45) is 4.45. The van der Waals surface area contributed by atoms with E-state index >= 15 is 0 Å². The van der Waals surface area contributed by atoms with Crippen molar-refractivity contribution in [3.63, 3.8) is 0 Å². The molecule has 0 aliphatic carbocycles. The van der Waals surface area contributed by atoms with Crippen molar-refractivity contribution in [3.8, 4) is 0 Å². The van der Waals surface area contributed by atoms with E-state index < -0.39 is 79.0 Å². The molecule has 6 atom stereocenters. The van der Waals surface area contributed by atoms with E-state index in [4.69, 9.17) is 10.9 Å². The van der Waals surface area contributed by atoms with Crippen LogP contribution in [0.2, 0.25) is 0 Å². The molecule has 2 aliphatic heterocycles. The summed E-state index contributed by atoms with van der Waals surface area (Å²) < 4.78 is 0. The number of hydrogen-bond donors (Lipinski definition) is 11. The number of nitrogens with one attached hydrogen (secondary N) is 9.